The number of fused-ring (bicyclic) bond motifs is 2. The third kappa shape index (κ3) is 4.40. The SMILES string of the molecule is COc1ccc(C(=O)O[C@@H]2[C@@H]3O[Si](C)(C)[Si](C)(C)OC[C@H]3S[C@H]2n2cnc3c(Cl)ncnc32)cc1. The van der Waals surface area contributed by atoms with Gasteiger partial charge in [0.2, 0.25) is 15.7 Å². The molecule has 0 radical (unpaired) electrons. The van der Waals surface area contributed by atoms with Crippen molar-refractivity contribution < 1.29 is 23.1 Å². The second-order valence-electron chi connectivity index (χ2n) is 9.57. The summed E-state index contributed by atoms with van der Waals surface area (Å²) in [5.74, 6) is 0.243. The van der Waals surface area contributed by atoms with Crippen molar-refractivity contribution in [1.29, 1.82) is 0 Å². The summed E-state index contributed by atoms with van der Waals surface area (Å²) < 4.78 is 26.7. The molecule has 2 saturated heterocycles. The largest absolute Gasteiger partial charge is 0.497 e. The fraction of sp³-hybridized carbons (Fsp3) is 0.455. The maximum Gasteiger partial charge on any atom is 0.338 e. The average molecular weight is 551 g/mol. The van der Waals surface area contributed by atoms with E-state index < -0.39 is 27.7 Å². The Morgan fingerprint density at radius 3 is 2.60 bits per heavy atom. The molecule has 2 aliphatic rings. The van der Waals surface area contributed by atoms with Crippen LogP contribution in [0.25, 0.3) is 11.2 Å². The number of hydrogen-bond acceptors (Lipinski definition) is 9. The first kappa shape index (κ1) is 24.7. The van der Waals surface area contributed by atoms with Gasteiger partial charge < -0.3 is 18.3 Å². The zero-order chi connectivity index (χ0) is 25.0. The van der Waals surface area contributed by atoms with Gasteiger partial charge in [0.15, 0.2) is 16.9 Å². The van der Waals surface area contributed by atoms with E-state index in [1.54, 1.807) is 49.5 Å². The van der Waals surface area contributed by atoms with E-state index in [1.807, 2.05) is 4.57 Å². The number of ether oxygens (including phenoxy) is 2. The summed E-state index contributed by atoms with van der Waals surface area (Å²) in [6.07, 6.45) is 2.18. The number of methoxy groups -OCH3 is 1. The van der Waals surface area contributed by atoms with Crippen LogP contribution in [0.2, 0.25) is 31.3 Å². The topological polar surface area (TPSA) is 97.6 Å². The van der Waals surface area contributed by atoms with E-state index in [2.05, 4.69) is 41.1 Å². The standard InChI is InChI=1S/C22H27ClN4O5SSi2/c1-29-14-8-6-13(7-9-14)22(28)31-18-17-15(10-30-34(2,3)35(4,5)32-17)33-21(18)27-12-26-16-19(23)24-11-25-20(16)27/h6-9,11-12,15,17-18,21H,10H2,1-5H3/t15-,17-,18-,21-/m1/s1. The first-order chi connectivity index (χ1) is 16.6. The zero-order valence-electron chi connectivity index (χ0n) is 20.1. The number of carbonyl (C=O) groups is 1. The molecule has 13 heteroatoms. The van der Waals surface area contributed by atoms with Crippen LogP contribution in [0.4, 0.5) is 0 Å². The number of hydrogen-bond donors (Lipinski definition) is 0. The Balaban J connectivity index is 1.53. The Morgan fingerprint density at radius 1 is 1.14 bits per heavy atom. The Bertz CT molecular complexity index is 1260. The third-order valence-corrected chi connectivity index (χ3v) is 22.9. The van der Waals surface area contributed by atoms with Crippen LogP contribution in [0.5, 0.6) is 5.75 Å². The number of carbonyl (C=O) groups excluding carboxylic acids is 1. The summed E-state index contributed by atoms with van der Waals surface area (Å²) in [6, 6.07) is 6.87. The van der Waals surface area contributed by atoms with Crippen molar-refractivity contribution in [3.63, 3.8) is 0 Å². The van der Waals surface area contributed by atoms with Gasteiger partial charge in [-0.25, -0.2) is 19.7 Å². The maximum absolute atomic E-state index is 13.3. The van der Waals surface area contributed by atoms with Crippen molar-refractivity contribution in [2.24, 2.45) is 0 Å². The van der Waals surface area contributed by atoms with Gasteiger partial charge in [-0.3, -0.25) is 4.57 Å². The Hall–Kier alpha value is -1.97. The van der Waals surface area contributed by atoms with Gasteiger partial charge in [0.1, 0.15) is 23.0 Å². The van der Waals surface area contributed by atoms with E-state index in [4.69, 9.17) is 29.9 Å². The molecule has 2 fully saturated rings. The second kappa shape index (κ2) is 9.16. The summed E-state index contributed by atoms with van der Waals surface area (Å²) in [4.78, 5) is 26.1. The fourth-order valence-electron chi connectivity index (χ4n) is 4.21. The van der Waals surface area contributed by atoms with Crippen LogP contribution < -0.4 is 4.74 Å². The average Bonchev–Trinajstić information content (AvgIpc) is 3.37. The molecule has 0 unspecified atom stereocenters. The maximum atomic E-state index is 13.3. The second-order valence-corrected chi connectivity index (χ2v) is 25.1. The van der Waals surface area contributed by atoms with Gasteiger partial charge in [-0.2, -0.15) is 0 Å². The van der Waals surface area contributed by atoms with Crippen molar-refractivity contribution in [1.82, 2.24) is 19.5 Å². The predicted molar refractivity (Wildman–Crippen MR) is 139 cm³/mol. The summed E-state index contributed by atoms with van der Waals surface area (Å²) in [6.45, 7) is 9.36. The quantitative estimate of drug-likeness (QED) is 0.268. The number of rotatable bonds is 4. The molecule has 35 heavy (non-hydrogen) atoms. The number of aromatic nitrogens is 4. The van der Waals surface area contributed by atoms with Crippen molar-refractivity contribution in [3.8, 4) is 5.75 Å². The van der Waals surface area contributed by atoms with Crippen LogP contribution in [-0.4, -0.2) is 72.3 Å². The van der Waals surface area contributed by atoms with Crippen LogP contribution in [0.3, 0.4) is 0 Å². The molecule has 2 aliphatic heterocycles. The van der Waals surface area contributed by atoms with Gasteiger partial charge in [-0.05, 0) is 50.5 Å². The third-order valence-electron chi connectivity index (χ3n) is 6.93. The number of benzene rings is 1. The Labute approximate surface area is 214 Å². The lowest BCUT2D eigenvalue weighted by Crippen LogP contribution is -2.59. The number of halogens is 1. The van der Waals surface area contributed by atoms with Crippen LogP contribution in [0.15, 0.2) is 36.9 Å². The minimum absolute atomic E-state index is 0.00974. The van der Waals surface area contributed by atoms with Crippen molar-refractivity contribution >= 4 is 56.2 Å². The van der Waals surface area contributed by atoms with E-state index in [9.17, 15) is 4.79 Å². The molecule has 1 aromatic carbocycles. The highest BCUT2D eigenvalue weighted by molar-refractivity contribution is 8.00. The molecule has 0 saturated carbocycles. The molecule has 5 rings (SSSR count). The van der Waals surface area contributed by atoms with Crippen molar-refractivity contribution in [2.75, 3.05) is 13.7 Å². The lowest BCUT2D eigenvalue weighted by atomic mass is 10.1. The summed E-state index contributed by atoms with van der Waals surface area (Å²) in [5, 5.41) is -0.0532. The lowest BCUT2D eigenvalue weighted by Gasteiger charge is -2.37. The zero-order valence-corrected chi connectivity index (χ0v) is 23.7. The fourth-order valence-corrected chi connectivity index (χ4v) is 10.9. The number of esters is 1. The van der Waals surface area contributed by atoms with Crippen LogP contribution in [0, 0.1) is 0 Å². The van der Waals surface area contributed by atoms with Crippen molar-refractivity contribution in [2.45, 2.75) is 49.0 Å². The Morgan fingerprint density at radius 2 is 1.89 bits per heavy atom. The molecule has 0 amide bonds. The predicted octanol–water partition coefficient (Wildman–Crippen LogP) is 4.23. The molecule has 0 bridgehead atoms. The highest BCUT2D eigenvalue weighted by atomic mass is 35.5. The van der Waals surface area contributed by atoms with Gasteiger partial charge in [-0.15, -0.1) is 11.8 Å². The van der Waals surface area contributed by atoms with E-state index in [0.717, 1.165) is 0 Å². The molecule has 0 N–H and O–H groups in total. The van der Waals surface area contributed by atoms with Gasteiger partial charge in [0, 0.05) is 6.61 Å². The summed E-state index contributed by atoms with van der Waals surface area (Å²) in [5.41, 5.74) is 1.52. The normalized spacial score (nSPS) is 27.3. The van der Waals surface area contributed by atoms with Crippen LogP contribution in [-0.2, 0) is 13.6 Å². The first-order valence-corrected chi connectivity index (χ1v) is 19.4. The van der Waals surface area contributed by atoms with E-state index in [0.29, 0.717) is 29.1 Å². The molecule has 9 nitrogen and oxygen atoms in total. The van der Waals surface area contributed by atoms with Gasteiger partial charge in [0.05, 0.1) is 30.4 Å². The smallest absolute Gasteiger partial charge is 0.338 e. The van der Waals surface area contributed by atoms with Crippen LogP contribution in [0.1, 0.15) is 15.7 Å². The number of imidazole rings is 1. The first-order valence-electron chi connectivity index (χ1n) is 11.3. The highest BCUT2D eigenvalue weighted by Gasteiger charge is 2.57. The molecule has 4 atom stereocenters. The number of thioether (sulfide) groups is 1. The molecule has 186 valence electrons. The van der Waals surface area contributed by atoms with Crippen LogP contribution >= 0.6 is 23.4 Å². The molecule has 2 aromatic heterocycles. The Kier molecular flexibility index (Phi) is 6.47. The molecule has 3 aromatic rings. The molecule has 0 spiro atoms. The monoisotopic (exact) mass is 550 g/mol. The van der Waals surface area contributed by atoms with Gasteiger partial charge in [-0.1, -0.05) is 11.6 Å². The highest BCUT2D eigenvalue weighted by Crippen LogP contribution is 2.49. The molecular weight excluding hydrogens is 524 g/mol. The molecule has 4 heterocycles. The van der Waals surface area contributed by atoms with Gasteiger partial charge in [0.25, 0.3) is 0 Å². The van der Waals surface area contributed by atoms with E-state index in [-0.39, 0.29) is 21.9 Å². The minimum Gasteiger partial charge on any atom is -0.497 e. The van der Waals surface area contributed by atoms with E-state index >= 15 is 0 Å². The lowest BCUT2D eigenvalue weighted by molar-refractivity contribution is -0.0131. The minimum atomic E-state index is -2.19. The summed E-state index contributed by atoms with van der Waals surface area (Å²) in [7, 11) is -2.63. The van der Waals surface area contributed by atoms with Gasteiger partial charge >= 0.3 is 5.97 Å². The van der Waals surface area contributed by atoms with E-state index in [1.165, 1.54) is 6.33 Å². The summed E-state index contributed by atoms with van der Waals surface area (Å²) >= 11 is 7.91. The molecule has 0 aliphatic carbocycles. The molecular formula is C22H27ClN4O5SSi2. The number of nitrogens with zero attached hydrogens (tertiary/aromatic N) is 4. The van der Waals surface area contributed by atoms with Crippen molar-refractivity contribution in [3.05, 3.63) is 47.6 Å².